The summed E-state index contributed by atoms with van der Waals surface area (Å²) in [6, 6.07) is 2.63. The number of carbonyl (C=O) groups is 1. The molecule has 0 radical (unpaired) electrons. The standard InChI is InChI=1S/C13H18Cl2N2O2/c1-7(2)3-9(6-18)17-13(19)10-4-8(16)5-11(14)12(10)15/h4-5,7,9,18H,3,6,16H2,1-2H3,(H,17,19). The Morgan fingerprint density at radius 2 is 2.05 bits per heavy atom. The van der Waals surface area contributed by atoms with Gasteiger partial charge in [0.15, 0.2) is 0 Å². The third-order valence-electron chi connectivity index (χ3n) is 2.61. The number of aliphatic hydroxyl groups excluding tert-OH is 1. The van der Waals surface area contributed by atoms with Gasteiger partial charge in [0.1, 0.15) is 0 Å². The van der Waals surface area contributed by atoms with Gasteiger partial charge in [0, 0.05) is 5.69 Å². The molecule has 0 spiro atoms. The van der Waals surface area contributed by atoms with E-state index in [2.05, 4.69) is 5.32 Å². The first-order valence-corrected chi connectivity index (χ1v) is 6.77. The van der Waals surface area contributed by atoms with E-state index >= 15 is 0 Å². The fourth-order valence-corrected chi connectivity index (χ4v) is 2.21. The van der Waals surface area contributed by atoms with Crippen LogP contribution >= 0.6 is 23.2 Å². The minimum absolute atomic E-state index is 0.127. The number of carbonyl (C=O) groups excluding carboxylic acids is 1. The summed E-state index contributed by atoms with van der Waals surface area (Å²) in [4.78, 5) is 12.1. The Balaban J connectivity index is 2.88. The molecule has 1 unspecified atom stereocenters. The molecule has 1 aromatic rings. The summed E-state index contributed by atoms with van der Waals surface area (Å²) < 4.78 is 0. The molecule has 1 rings (SSSR count). The molecule has 4 nitrogen and oxygen atoms in total. The molecule has 0 aliphatic heterocycles. The zero-order valence-electron chi connectivity index (χ0n) is 10.9. The number of nitrogen functional groups attached to an aromatic ring is 1. The molecule has 1 aromatic carbocycles. The lowest BCUT2D eigenvalue weighted by atomic mass is 10.0. The van der Waals surface area contributed by atoms with E-state index in [9.17, 15) is 9.90 Å². The summed E-state index contributed by atoms with van der Waals surface area (Å²) in [5.74, 6) is -0.0312. The van der Waals surface area contributed by atoms with Crippen molar-refractivity contribution < 1.29 is 9.90 Å². The van der Waals surface area contributed by atoms with Crippen molar-refractivity contribution in [3.63, 3.8) is 0 Å². The second-order valence-corrected chi connectivity index (χ2v) is 5.63. The van der Waals surface area contributed by atoms with Crippen LogP contribution < -0.4 is 11.1 Å². The minimum atomic E-state index is -0.390. The van der Waals surface area contributed by atoms with E-state index in [1.807, 2.05) is 13.8 Å². The van der Waals surface area contributed by atoms with Crippen LogP contribution in [0.2, 0.25) is 10.0 Å². The maximum absolute atomic E-state index is 12.1. The largest absolute Gasteiger partial charge is 0.399 e. The van der Waals surface area contributed by atoms with Crippen LogP contribution in [0.1, 0.15) is 30.6 Å². The predicted octanol–water partition coefficient (Wildman–Crippen LogP) is 2.71. The maximum atomic E-state index is 12.1. The lowest BCUT2D eigenvalue weighted by molar-refractivity contribution is 0.0908. The molecule has 1 amide bonds. The van der Waals surface area contributed by atoms with Gasteiger partial charge in [0.2, 0.25) is 0 Å². The number of aliphatic hydroxyl groups is 1. The summed E-state index contributed by atoms with van der Waals surface area (Å²) >= 11 is 11.9. The number of amides is 1. The third-order valence-corrected chi connectivity index (χ3v) is 3.41. The fourth-order valence-electron chi connectivity index (χ4n) is 1.79. The number of nitrogens with two attached hydrogens (primary N) is 1. The van der Waals surface area contributed by atoms with E-state index in [0.717, 1.165) is 0 Å². The molecule has 4 N–H and O–H groups in total. The lowest BCUT2D eigenvalue weighted by Gasteiger charge is -2.19. The van der Waals surface area contributed by atoms with Crippen molar-refractivity contribution in [1.82, 2.24) is 5.32 Å². The lowest BCUT2D eigenvalue weighted by Crippen LogP contribution is -2.38. The van der Waals surface area contributed by atoms with E-state index < -0.39 is 0 Å². The van der Waals surface area contributed by atoms with Crippen LogP contribution in [0.25, 0.3) is 0 Å². The van der Waals surface area contributed by atoms with Gasteiger partial charge in [0.25, 0.3) is 5.91 Å². The van der Waals surface area contributed by atoms with Gasteiger partial charge in [-0.3, -0.25) is 4.79 Å². The molecular formula is C13H18Cl2N2O2. The predicted molar refractivity (Wildman–Crippen MR) is 78.7 cm³/mol. The van der Waals surface area contributed by atoms with Gasteiger partial charge in [0.05, 0.1) is 28.3 Å². The molecule has 0 fully saturated rings. The fraction of sp³-hybridized carbons (Fsp3) is 0.462. The van der Waals surface area contributed by atoms with Crippen molar-refractivity contribution in [3.8, 4) is 0 Å². The maximum Gasteiger partial charge on any atom is 0.253 e. The Kier molecular flexibility index (Phi) is 5.91. The number of hydrogen-bond acceptors (Lipinski definition) is 3. The molecule has 0 saturated carbocycles. The Labute approximate surface area is 122 Å². The van der Waals surface area contributed by atoms with E-state index in [4.69, 9.17) is 28.9 Å². The second-order valence-electron chi connectivity index (χ2n) is 4.85. The first-order chi connectivity index (χ1) is 8.85. The smallest absolute Gasteiger partial charge is 0.253 e. The Morgan fingerprint density at radius 1 is 1.42 bits per heavy atom. The normalized spacial score (nSPS) is 12.5. The van der Waals surface area contributed by atoms with Gasteiger partial charge in [-0.15, -0.1) is 0 Å². The highest BCUT2D eigenvalue weighted by Crippen LogP contribution is 2.28. The van der Waals surface area contributed by atoms with E-state index in [-0.39, 0.29) is 34.2 Å². The second kappa shape index (κ2) is 6.98. The average molecular weight is 305 g/mol. The van der Waals surface area contributed by atoms with Gasteiger partial charge in [-0.25, -0.2) is 0 Å². The van der Waals surface area contributed by atoms with Gasteiger partial charge < -0.3 is 16.2 Å². The van der Waals surface area contributed by atoms with Crippen LogP contribution in [0, 0.1) is 5.92 Å². The molecule has 19 heavy (non-hydrogen) atoms. The van der Waals surface area contributed by atoms with Crippen molar-refractivity contribution in [2.45, 2.75) is 26.3 Å². The SMILES string of the molecule is CC(C)CC(CO)NC(=O)c1cc(N)cc(Cl)c1Cl. The molecule has 0 saturated heterocycles. The van der Waals surface area contributed by atoms with Crippen LogP contribution in [-0.2, 0) is 0 Å². The Bertz CT molecular complexity index is 464. The van der Waals surface area contributed by atoms with Crippen molar-refractivity contribution in [2.75, 3.05) is 12.3 Å². The highest BCUT2D eigenvalue weighted by atomic mass is 35.5. The van der Waals surface area contributed by atoms with Gasteiger partial charge in [-0.1, -0.05) is 37.0 Å². The van der Waals surface area contributed by atoms with Gasteiger partial charge in [-0.05, 0) is 24.5 Å². The molecule has 0 aliphatic carbocycles. The Hall–Kier alpha value is -0.970. The quantitative estimate of drug-likeness (QED) is 0.732. The molecular weight excluding hydrogens is 287 g/mol. The van der Waals surface area contributed by atoms with Gasteiger partial charge in [-0.2, -0.15) is 0 Å². The Morgan fingerprint density at radius 3 is 2.58 bits per heavy atom. The van der Waals surface area contributed by atoms with Crippen molar-refractivity contribution in [3.05, 3.63) is 27.7 Å². The molecule has 1 atom stereocenters. The zero-order chi connectivity index (χ0) is 14.6. The number of halogens is 2. The number of nitrogens with one attached hydrogen (secondary N) is 1. The number of hydrogen-bond donors (Lipinski definition) is 3. The first kappa shape index (κ1) is 16.1. The molecule has 0 bridgehead atoms. The summed E-state index contributed by atoms with van der Waals surface area (Å²) in [6.45, 7) is 3.90. The first-order valence-electron chi connectivity index (χ1n) is 6.01. The van der Waals surface area contributed by atoms with Crippen LogP contribution in [0.3, 0.4) is 0 Å². The van der Waals surface area contributed by atoms with E-state index in [0.29, 0.717) is 18.0 Å². The third kappa shape index (κ3) is 4.56. The molecule has 0 aliphatic rings. The van der Waals surface area contributed by atoms with Crippen molar-refractivity contribution in [2.24, 2.45) is 5.92 Å². The summed E-state index contributed by atoms with van der Waals surface area (Å²) in [6.07, 6.45) is 0.676. The monoisotopic (exact) mass is 304 g/mol. The van der Waals surface area contributed by atoms with Crippen LogP contribution in [0.4, 0.5) is 5.69 Å². The number of rotatable bonds is 5. The van der Waals surface area contributed by atoms with Crippen LogP contribution in [-0.4, -0.2) is 23.7 Å². The summed E-state index contributed by atoms with van der Waals surface area (Å²) in [7, 11) is 0. The van der Waals surface area contributed by atoms with E-state index in [1.165, 1.54) is 12.1 Å². The minimum Gasteiger partial charge on any atom is -0.399 e. The number of benzene rings is 1. The van der Waals surface area contributed by atoms with Crippen LogP contribution in [0.5, 0.6) is 0 Å². The average Bonchev–Trinajstić information content (AvgIpc) is 2.32. The highest BCUT2D eigenvalue weighted by molar-refractivity contribution is 6.44. The van der Waals surface area contributed by atoms with Crippen molar-refractivity contribution >= 4 is 34.8 Å². The van der Waals surface area contributed by atoms with E-state index in [1.54, 1.807) is 0 Å². The molecule has 106 valence electrons. The van der Waals surface area contributed by atoms with Crippen LogP contribution in [0.15, 0.2) is 12.1 Å². The summed E-state index contributed by atoms with van der Waals surface area (Å²) in [5.41, 5.74) is 6.22. The zero-order valence-corrected chi connectivity index (χ0v) is 12.4. The summed E-state index contributed by atoms with van der Waals surface area (Å²) in [5, 5.41) is 12.4. The molecule has 0 aromatic heterocycles. The number of anilines is 1. The topological polar surface area (TPSA) is 75.3 Å². The molecule has 0 heterocycles. The highest BCUT2D eigenvalue weighted by Gasteiger charge is 2.18. The van der Waals surface area contributed by atoms with Gasteiger partial charge >= 0.3 is 0 Å². The molecule has 6 heteroatoms. The van der Waals surface area contributed by atoms with Crippen molar-refractivity contribution in [1.29, 1.82) is 0 Å².